The molecule has 3 fully saturated rings. The largest absolute Gasteiger partial charge is 0.381 e. The van der Waals surface area contributed by atoms with Gasteiger partial charge in [0.1, 0.15) is 6.54 Å². The molecule has 1 atom stereocenters. The second-order valence-corrected chi connectivity index (χ2v) is 7.26. The number of ether oxygens (including phenoxy) is 1. The van der Waals surface area contributed by atoms with Gasteiger partial charge in [-0.2, -0.15) is 4.80 Å². The summed E-state index contributed by atoms with van der Waals surface area (Å²) in [6.07, 6.45) is 5.79. The molecule has 9 nitrogen and oxygen atoms in total. The van der Waals surface area contributed by atoms with Crippen molar-refractivity contribution in [3.63, 3.8) is 0 Å². The Bertz CT molecular complexity index is 630. The summed E-state index contributed by atoms with van der Waals surface area (Å²) in [5.41, 5.74) is -0.401. The zero-order valence-corrected chi connectivity index (χ0v) is 14.3. The van der Waals surface area contributed by atoms with E-state index >= 15 is 0 Å². The highest BCUT2D eigenvalue weighted by Gasteiger charge is 2.50. The molecule has 1 aromatic rings. The van der Waals surface area contributed by atoms with E-state index in [0.29, 0.717) is 19.1 Å². The molecule has 9 heteroatoms. The molecule has 2 amide bonds. The Kier molecular flexibility index (Phi) is 4.41. The SMILES string of the molecule is O=C(Cn1ncnn1)N1CC[C@]2(CCCN(C3CCOCC3)C2=O)C1. The fourth-order valence-electron chi connectivity index (χ4n) is 4.39. The monoisotopic (exact) mass is 348 g/mol. The molecule has 0 N–H and O–H groups in total. The number of piperidine rings is 1. The van der Waals surface area contributed by atoms with E-state index in [2.05, 4.69) is 20.3 Å². The van der Waals surface area contributed by atoms with E-state index in [1.165, 1.54) is 11.1 Å². The van der Waals surface area contributed by atoms with Crippen molar-refractivity contribution < 1.29 is 14.3 Å². The predicted octanol–water partition coefficient (Wildman–Crippen LogP) is -0.307. The van der Waals surface area contributed by atoms with Gasteiger partial charge in [0.05, 0.1) is 5.41 Å². The molecule has 0 saturated carbocycles. The van der Waals surface area contributed by atoms with Crippen LogP contribution in [0.5, 0.6) is 0 Å². The molecule has 0 radical (unpaired) electrons. The second-order valence-electron chi connectivity index (χ2n) is 7.26. The number of aromatic nitrogens is 4. The van der Waals surface area contributed by atoms with Crippen LogP contribution < -0.4 is 0 Å². The van der Waals surface area contributed by atoms with Gasteiger partial charge in [-0.15, -0.1) is 10.2 Å². The van der Waals surface area contributed by atoms with E-state index in [9.17, 15) is 9.59 Å². The van der Waals surface area contributed by atoms with Crippen LogP contribution in [0.1, 0.15) is 32.1 Å². The van der Waals surface area contributed by atoms with Crippen molar-refractivity contribution in [3.05, 3.63) is 6.33 Å². The number of carbonyl (C=O) groups excluding carboxylic acids is 2. The first-order valence-corrected chi connectivity index (χ1v) is 9.05. The van der Waals surface area contributed by atoms with Crippen LogP contribution >= 0.6 is 0 Å². The lowest BCUT2D eigenvalue weighted by Gasteiger charge is -2.44. The van der Waals surface area contributed by atoms with Crippen LogP contribution in [0, 0.1) is 5.41 Å². The van der Waals surface area contributed by atoms with Crippen molar-refractivity contribution in [3.8, 4) is 0 Å². The minimum Gasteiger partial charge on any atom is -0.381 e. The van der Waals surface area contributed by atoms with Crippen LogP contribution in [0.2, 0.25) is 0 Å². The van der Waals surface area contributed by atoms with Crippen LogP contribution in [0.4, 0.5) is 0 Å². The third-order valence-corrected chi connectivity index (χ3v) is 5.78. The van der Waals surface area contributed by atoms with Crippen LogP contribution in [-0.2, 0) is 20.9 Å². The van der Waals surface area contributed by atoms with Crippen molar-refractivity contribution in [1.29, 1.82) is 0 Å². The van der Waals surface area contributed by atoms with Gasteiger partial charge < -0.3 is 14.5 Å². The molecule has 3 saturated heterocycles. The average molecular weight is 348 g/mol. The first-order chi connectivity index (χ1) is 12.2. The quantitative estimate of drug-likeness (QED) is 0.744. The molecule has 4 heterocycles. The molecular formula is C16H24N6O3. The van der Waals surface area contributed by atoms with Gasteiger partial charge in [-0.1, -0.05) is 0 Å². The summed E-state index contributed by atoms with van der Waals surface area (Å²) in [6.45, 7) is 3.52. The lowest BCUT2D eigenvalue weighted by Crippen LogP contribution is -2.55. The summed E-state index contributed by atoms with van der Waals surface area (Å²) in [6, 6.07) is 0.294. The van der Waals surface area contributed by atoms with Gasteiger partial charge in [0.2, 0.25) is 11.8 Å². The standard InChI is InChI=1S/C16H24N6O3/c23-14(10-22-18-12-17-19-22)20-7-5-16(11-20)4-1-6-21(15(16)24)13-2-8-25-9-3-13/h12-13H,1-11H2/t16-/m1/s1. The van der Waals surface area contributed by atoms with Crippen LogP contribution in [0.25, 0.3) is 0 Å². The van der Waals surface area contributed by atoms with Gasteiger partial charge in [-0.3, -0.25) is 9.59 Å². The number of amides is 2. The van der Waals surface area contributed by atoms with Gasteiger partial charge >= 0.3 is 0 Å². The van der Waals surface area contributed by atoms with E-state index in [-0.39, 0.29) is 18.4 Å². The molecule has 1 spiro atoms. The highest BCUT2D eigenvalue weighted by molar-refractivity contribution is 5.86. The van der Waals surface area contributed by atoms with Crippen LogP contribution in [-0.4, -0.2) is 80.7 Å². The van der Waals surface area contributed by atoms with E-state index in [0.717, 1.165) is 51.9 Å². The zero-order valence-electron chi connectivity index (χ0n) is 14.3. The molecular weight excluding hydrogens is 324 g/mol. The molecule has 4 rings (SSSR count). The fraction of sp³-hybridized carbons (Fsp3) is 0.812. The van der Waals surface area contributed by atoms with Crippen molar-refractivity contribution in [2.24, 2.45) is 5.41 Å². The Balaban J connectivity index is 1.42. The number of rotatable bonds is 3. The summed E-state index contributed by atoms with van der Waals surface area (Å²) in [5, 5.41) is 11.2. The number of hydrogen-bond donors (Lipinski definition) is 0. The van der Waals surface area contributed by atoms with E-state index in [4.69, 9.17) is 4.74 Å². The number of nitrogens with zero attached hydrogens (tertiary/aromatic N) is 6. The minimum atomic E-state index is -0.401. The molecule has 0 unspecified atom stereocenters. The van der Waals surface area contributed by atoms with E-state index < -0.39 is 5.41 Å². The molecule has 0 bridgehead atoms. The maximum Gasteiger partial charge on any atom is 0.246 e. The number of carbonyl (C=O) groups is 2. The van der Waals surface area contributed by atoms with Crippen molar-refractivity contribution >= 4 is 11.8 Å². The Hall–Kier alpha value is -2.03. The minimum absolute atomic E-state index is 0.0501. The highest BCUT2D eigenvalue weighted by atomic mass is 16.5. The Morgan fingerprint density at radius 1 is 1.28 bits per heavy atom. The first-order valence-electron chi connectivity index (χ1n) is 9.05. The first kappa shape index (κ1) is 16.4. The second kappa shape index (κ2) is 6.70. The highest BCUT2D eigenvalue weighted by Crippen LogP contribution is 2.41. The average Bonchev–Trinajstić information content (AvgIpc) is 3.29. The number of hydrogen-bond acceptors (Lipinski definition) is 6. The zero-order chi connectivity index (χ0) is 17.3. The van der Waals surface area contributed by atoms with Crippen LogP contribution in [0.3, 0.4) is 0 Å². The van der Waals surface area contributed by atoms with Crippen molar-refractivity contribution in [2.75, 3.05) is 32.8 Å². The Morgan fingerprint density at radius 3 is 2.88 bits per heavy atom. The summed E-state index contributed by atoms with van der Waals surface area (Å²) >= 11 is 0. The van der Waals surface area contributed by atoms with Crippen molar-refractivity contribution in [2.45, 2.75) is 44.7 Å². The lowest BCUT2D eigenvalue weighted by atomic mass is 9.77. The maximum absolute atomic E-state index is 13.2. The van der Waals surface area contributed by atoms with Crippen LogP contribution in [0.15, 0.2) is 6.33 Å². The van der Waals surface area contributed by atoms with Gasteiger partial charge in [0.25, 0.3) is 0 Å². The lowest BCUT2D eigenvalue weighted by molar-refractivity contribution is -0.151. The molecule has 136 valence electrons. The molecule has 3 aliphatic rings. The van der Waals surface area contributed by atoms with Gasteiger partial charge in [-0.25, -0.2) is 0 Å². The third-order valence-electron chi connectivity index (χ3n) is 5.78. The topological polar surface area (TPSA) is 93.5 Å². The summed E-state index contributed by atoms with van der Waals surface area (Å²) in [7, 11) is 0. The smallest absolute Gasteiger partial charge is 0.246 e. The predicted molar refractivity (Wildman–Crippen MR) is 86.2 cm³/mol. The molecule has 3 aliphatic heterocycles. The molecule has 1 aromatic heterocycles. The fourth-order valence-corrected chi connectivity index (χ4v) is 4.39. The third kappa shape index (κ3) is 3.12. The van der Waals surface area contributed by atoms with E-state index in [1.807, 2.05) is 0 Å². The molecule has 0 aromatic carbocycles. The molecule has 25 heavy (non-hydrogen) atoms. The number of likely N-dealkylation sites (tertiary alicyclic amines) is 2. The Labute approximate surface area is 146 Å². The van der Waals surface area contributed by atoms with Crippen molar-refractivity contribution in [1.82, 2.24) is 30.0 Å². The molecule has 0 aliphatic carbocycles. The Morgan fingerprint density at radius 2 is 2.12 bits per heavy atom. The van der Waals surface area contributed by atoms with Gasteiger partial charge in [0.15, 0.2) is 6.33 Å². The normalized spacial score (nSPS) is 28.1. The maximum atomic E-state index is 13.2. The number of tetrazole rings is 1. The van der Waals surface area contributed by atoms with Gasteiger partial charge in [0, 0.05) is 38.9 Å². The summed E-state index contributed by atoms with van der Waals surface area (Å²) in [4.78, 5) is 30.9. The van der Waals surface area contributed by atoms with Gasteiger partial charge in [-0.05, 0) is 37.3 Å². The van der Waals surface area contributed by atoms with E-state index in [1.54, 1.807) is 4.90 Å². The summed E-state index contributed by atoms with van der Waals surface area (Å²) < 4.78 is 5.43. The summed E-state index contributed by atoms with van der Waals surface area (Å²) in [5.74, 6) is 0.186.